The molecule has 18 nitrogen and oxygen atoms in total. The predicted octanol–water partition coefficient (Wildman–Crippen LogP) is -1.27. The summed E-state index contributed by atoms with van der Waals surface area (Å²) in [6.07, 6.45) is -4.76. The van der Waals surface area contributed by atoms with Crippen molar-refractivity contribution in [1.82, 2.24) is 15.5 Å². The van der Waals surface area contributed by atoms with Crippen molar-refractivity contribution in [2.45, 2.75) is 70.4 Å². The van der Waals surface area contributed by atoms with Crippen LogP contribution in [0.4, 0.5) is 5.69 Å². The Morgan fingerprint density at radius 2 is 1.67 bits per heavy atom. The molecule has 2 heterocycles. The van der Waals surface area contributed by atoms with Gasteiger partial charge in [-0.15, -0.1) is 0 Å². The fourth-order valence-electron chi connectivity index (χ4n) is 4.61. The van der Waals surface area contributed by atoms with Crippen LogP contribution in [-0.2, 0) is 43.0 Å². The Balaban J connectivity index is 1.65. The van der Waals surface area contributed by atoms with Gasteiger partial charge in [-0.2, -0.15) is 12.6 Å². The van der Waals surface area contributed by atoms with E-state index in [0.717, 1.165) is 17.1 Å². The van der Waals surface area contributed by atoms with Gasteiger partial charge in [0.2, 0.25) is 24.0 Å². The normalized spacial score (nSPS) is 22.2. The summed E-state index contributed by atoms with van der Waals surface area (Å²) in [6, 6.07) is 3.22. The van der Waals surface area contributed by atoms with Gasteiger partial charge in [0.15, 0.2) is 6.10 Å². The first-order chi connectivity index (χ1) is 24.4. The second-order valence-electron chi connectivity index (χ2n) is 12.7. The quantitative estimate of drug-likeness (QED) is 0.0557. The summed E-state index contributed by atoms with van der Waals surface area (Å²) in [5, 5.41) is 47.5. The van der Waals surface area contributed by atoms with Gasteiger partial charge in [-0.05, 0) is 44.5 Å². The Morgan fingerprint density at radius 3 is 2.29 bits per heavy atom. The predicted molar refractivity (Wildman–Crippen MR) is 183 cm³/mol. The van der Waals surface area contributed by atoms with Crippen molar-refractivity contribution in [1.29, 1.82) is 0 Å². The fourth-order valence-corrected chi connectivity index (χ4v) is 4.87. The van der Waals surface area contributed by atoms with Crippen LogP contribution in [0.1, 0.15) is 39.2 Å². The molecule has 3 rings (SSSR count). The number of hydrogen-bond acceptors (Lipinski definition) is 14. The van der Waals surface area contributed by atoms with Crippen LogP contribution in [0.3, 0.4) is 0 Å². The van der Waals surface area contributed by atoms with Gasteiger partial charge in [-0.25, -0.2) is 4.79 Å². The number of aliphatic carboxylic acids is 1. The number of carboxylic acid groups (broad SMARTS) is 1. The number of nitrogens with one attached hydrogen (secondary N) is 3. The van der Waals surface area contributed by atoms with E-state index < -0.39 is 83.6 Å². The Kier molecular flexibility index (Phi) is 14.9. The van der Waals surface area contributed by atoms with E-state index in [0.29, 0.717) is 5.56 Å². The monoisotopic (exact) mass is 750 g/mol. The van der Waals surface area contributed by atoms with E-state index in [1.54, 1.807) is 32.9 Å². The summed E-state index contributed by atoms with van der Waals surface area (Å²) < 4.78 is 16.1. The summed E-state index contributed by atoms with van der Waals surface area (Å²) >= 11 is 4.09. The molecule has 1 aromatic carbocycles. The third kappa shape index (κ3) is 11.6. The summed E-state index contributed by atoms with van der Waals surface area (Å²) in [5.74, 6) is -5.30. The first kappa shape index (κ1) is 41.6. The van der Waals surface area contributed by atoms with Crippen molar-refractivity contribution in [3.05, 3.63) is 42.0 Å². The van der Waals surface area contributed by atoms with Crippen molar-refractivity contribution in [3.8, 4) is 5.75 Å². The van der Waals surface area contributed by atoms with Crippen molar-refractivity contribution in [3.63, 3.8) is 0 Å². The maximum absolute atomic E-state index is 13.0. The summed E-state index contributed by atoms with van der Waals surface area (Å²) in [6.45, 7) is 4.66. The van der Waals surface area contributed by atoms with E-state index in [-0.39, 0.29) is 49.7 Å². The summed E-state index contributed by atoms with van der Waals surface area (Å²) in [5.41, 5.74) is -0.232. The highest BCUT2D eigenvalue weighted by Gasteiger charge is 2.48. The number of rotatable bonds is 16. The number of carboxylic acids is 1. The molecule has 1 fully saturated rings. The minimum atomic E-state index is -1.96. The molecule has 1 aromatic rings. The van der Waals surface area contributed by atoms with E-state index >= 15 is 0 Å². The molecule has 7 N–H and O–H groups in total. The van der Waals surface area contributed by atoms with Gasteiger partial charge in [-0.3, -0.25) is 33.7 Å². The molecule has 0 bridgehead atoms. The number of anilines is 1. The standard InChI is InChI=1S/C33H42N4O14S/c1-33(2,3)32(48)49-14-4-5-17-6-7-20(50-31-27(44)25(42)26(43)28(51-31)30(46)47)18(15-17)35-21(38)10-12-34-29(45)19(16-52)36-22(39)11-13-37-23(40)8-9-24(37)41/h4-9,15,19,25-28,31,42-44,52H,10-14,16H2,1-3H3,(H,34,45)(H,35,38)(H,36,39)(H,46,47)/b5-4+/t19?,25-,26-,27+,28-,31+/m0/s1. The summed E-state index contributed by atoms with van der Waals surface area (Å²) in [7, 11) is 0. The van der Waals surface area contributed by atoms with Crippen molar-refractivity contribution in [2.75, 3.05) is 30.8 Å². The number of amides is 5. The number of aliphatic hydroxyl groups excluding tert-OH is 3. The lowest BCUT2D eigenvalue weighted by molar-refractivity contribution is -0.271. The topological polar surface area (TPSA) is 267 Å². The SMILES string of the molecule is CC(C)(C)C(=O)OC/C=C/c1ccc(O[C@@H]2O[C@H](C(=O)O)[C@@H](O)[C@H](O)[C@H]2O)c(NC(=O)CCNC(=O)C(CS)NC(=O)CCN2C(=O)C=CC2=O)c1. The Labute approximate surface area is 303 Å². The largest absolute Gasteiger partial charge is 0.479 e. The van der Waals surface area contributed by atoms with E-state index in [4.69, 9.17) is 14.2 Å². The van der Waals surface area contributed by atoms with Crippen LogP contribution in [-0.4, -0.2) is 129 Å². The average Bonchev–Trinajstić information content (AvgIpc) is 3.40. The van der Waals surface area contributed by atoms with Crippen LogP contribution in [0, 0.1) is 5.41 Å². The van der Waals surface area contributed by atoms with Gasteiger partial charge in [0.1, 0.15) is 36.7 Å². The molecule has 0 spiro atoms. The number of ether oxygens (including phenoxy) is 3. The zero-order chi connectivity index (χ0) is 38.7. The van der Waals surface area contributed by atoms with Crippen LogP contribution in [0.25, 0.3) is 6.08 Å². The van der Waals surface area contributed by atoms with Crippen LogP contribution >= 0.6 is 12.6 Å². The first-order valence-electron chi connectivity index (χ1n) is 16.0. The number of carbonyl (C=O) groups excluding carboxylic acids is 6. The molecule has 284 valence electrons. The van der Waals surface area contributed by atoms with E-state index in [2.05, 4.69) is 28.6 Å². The molecule has 2 aliphatic rings. The molecule has 52 heavy (non-hydrogen) atoms. The van der Waals surface area contributed by atoms with Gasteiger partial charge in [0.05, 0.1) is 11.1 Å². The maximum Gasteiger partial charge on any atom is 0.335 e. The molecule has 2 aliphatic heterocycles. The van der Waals surface area contributed by atoms with E-state index in [1.807, 2.05) is 0 Å². The number of esters is 1. The molecule has 1 unspecified atom stereocenters. The fraction of sp³-hybridized carbons (Fsp3) is 0.485. The third-order valence-electron chi connectivity index (χ3n) is 7.52. The number of benzene rings is 1. The number of imide groups is 1. The smallest absolute Gasteiger partial charge is 0.335 e. The number of nitrogens with zero attached hydrogens (tertiary/aromatic N) is 1. The molecular formula is C33H42N4O14S. The van der Waals surface area contributed by atoms with E-state index in [1.165, 1.54) is 18.2 Å². The minimum absolute atomic E-state index is 0.000821. The van der Waals surface area contributed by atoms with Crippen molar-refractivity contribution >= 4 is 65.9 Å². The van der Waals surface area contributed by atoms with Crippen LogP contribution in [0.2, 0.25) is 0 Å². The molecule has 19 heteroatoms. The zero-order valence-corrected chi connectivity index (χ0v) is 29.4. The second-order valence-corrected chi connectivity index (χ2v) is 13.0. The highest BCUT2D eigenvalue weighted by atomic mass is 32.1. The molecule has 0 aromatic heterocycles. The minimum Gasteiger partial charge on any atom is -0.479 e. The van der Waals surface area contributed by atoms with Crippen LogP contribution in [0.5, 0.6) is 5.75 Å². The van der Waals surface area contributed by atoms with Crippen molar-refractivity contribution < 1.29 is 68.2 Å². The molecule has 0 radical (unpaired) electrons. The highest BCUT2D eigenvalue weighted by molar-refractivity contribution is 7.80. The zero-order valence-electron chi connectivity index (χ0n) is 28.5. The number of thiol groups is 1. The third-order valence-corrected chi connectivity index (χ3v) is 7.88. The Hall–Kier alpha value is -4.82. The van der Waals surface area contributed by atoms with Crippen LogP contribution < -0.4 is 20.7 Å². The van der Waals surface area contributed by atoms with Gasteiger partial charge >= 0.3 is 11.9 Å². The lowest BCUT2D eigenvalue weighted by Gasteiger charge is -2.38. The van der Waals surface area contributed by atoms with E-state index in [9.17, 15) is 54.0 Å². The Bertz CT molecular complexity index is 1570. The number of hydrogen-bond donors (Lipinski definition) is 8. The highest BCUT2D eigenvalue weighted by Crippen LogP contribution is 2.31. The van der Waals surface area contributed by atoms with Gasteiger partial charge in [0.25, 0.3) is 11.8 Å². The first-order valence-corrected chi connectivity index (χ1v) is 16.6. The maximum atomic E-state index is 13.0. The van der Waals surface area contributed by atoms with Gasteiger partial charge < -0.3 is 50.6 Å². The van der Waals surface area contributed by atoms with Crippen molar-refractivity contribution in [2.24, 2.45) is 5.41 Å². The molecule has 1 saturated heterocycles. The molecule has 5 amide bonds. The lowest BCUT2D eigenvalue weighted by Crippen LogP contribution is -2.61. The number of carbonyl (C=O) groups is 7. The lowest BCUT2D eigenvalue weighted by atomic mass is 9.97. The van der Waals surface area contributed by atoms with Crippen LogP contribution in [0.15, 0.2) is 36.4 Å². The molecular weight excluding hydrogens is 708 g/mol. The summed E-state index contributed by atoms with van der Waals surface area (Å²) in [4.78, 5) is 85.9. The van der Waals surface area contributed by atoms with Gasteiger partial charge in [-0.1, -0.05) is 12.1 Å². The molecule has 6 atom stereocenters. The Morgan fingerprint density at radius 1 is 1.00 bits per heavy atom. The second kappa shape index (κ2) is 18.6. The molecule has 0 saturated carbocycles. The van der Waals surface area contributed by atoms with Gasteiger partial charge in [0, 0.05) is 43.8 Å². The molecule has 0 aliphatic carbocycles. The average molecular weight is 751 g/mol. The number of aliphatic hydroxyl groups is 3.